The lowest BCUT2D eigenvalue weighted by Crippen LogP contribution is -2.33. The van der Waals surface area contributed by atoms with Crippen molar-refractivity contribution in [3.05, 3.63) is 23.8 Å². The number of fused-ring (bicyclic) bond motifs is 1. The van der Waals surface area contributed by atoms with Crippen LogP contribution >= 0.6 is 12.4 Å². The standard InChI is InChI=1S/C12H18BNO5.ClH/c14-4-10-8-2-1-3-9(11(8)13-19-10)18-12(17)7(5-15)6-16;/h1-3,7,10,12-13,15-17H,4-6,14H2;1H. The van der Waals surface area contributed by atoms with Gasteiger partial charge in [-0.3, -0.25) is 0 Å². The summed E-state index contributed by atoms with van der Waals surface area (Å²) in [5.41, 5.74) is 7.42. The summed E-state index contributed by atoms with van der Waals surface area (Å²) < 4.78 is 10.9. The van der Waals surface area contributed by atoms with Crippen LogP contribution in [0, 0.1) is 5.92 Å². The van der Waals surface area contributed by atoms with E-state index in [9.17, 15) is 5.11 Å². The van der Waals surface area contributed by atoms with Crippen LogP contribution in [0.1, 0.15) is 11.7 Å². The van der Waals surface area contributed by atoms with Gasteiger partial charge in [-0.15, -0.1) is 12.4 Å². The number of nitrogens with two attached hydrogens (primary N) is 1. The molecule has 0 saturated carbocycles. The Morgan fingerprint density at radius 1 is 1.35 bits per heavy atom. The van der Waals surface area contributed by atoms with E-state index >= 15 is 0 Å². The molecule has 1 aromatic carbocycles. The molecule has 0 amide bonds. The maximum Gasteiger partial charge on any atom is 0.313 e. The lowest BCUT2D eigenvalue weighted by Gasteiger charge is -2.21. The molecule has 20 heavy (non-hydrogen) atoms. The Kier molecular flexibility index (Phi) is 6.74. The van der Waals surface area contributed by atoms with Crippen LogP contribution in [0.2, 0.25) is 0 Å². The summed E-state index contributed by atoms with van der Waals surface area (Å²) in [6.45, 7) is -0.321. The SMILES string of the molecule is Cl.NCC1OBc2c(OC(O)C(CO)CO)cccc21. The first kappa shape index (κ1) is 17.2. The molecule has 1 aromatic rings. The average Bonchev–Trinajstić information content (AvgIpc) is 2.84. The highest BCUT2D eigenvalue weighted by molar-refractivity contribution is 6.50. The minimum absolute atomic E-state index is 0. The zero-order valence-electron chi connectivity index (χ0n) is 10.9. The van der Waals surface area contributed by atoms with Crippen LogP contribution in [-0.4, -0.2) is 48.9 Å². The van der Waals surface area contributed by atoms with Gasteiger partial charge in [-0.05, 0) is 17.1 Å². The first-order valence-electron chi connectivity index (χ1n) is 6.21. The van der Waals surface area contributed by atoms with Crippen LogP contribution in [-0.2, 0) is 4.65 Å². The second kappa shape index (κ2) is 7.83. The van der Waals surface area contributed by atoms with Gasteiger partial charge in [-0.2, -0.15) is 0 Å². The third kappa shape index (κ3) is 3.43. The van der Waals surface area contributed by atoms with Gasteiger partial charge in [0.1, 0.15) is 5.75 Å². The summed E-state index contributed by atoms with van der Waals surface area (Å²) in [6, 6.07) is 5.43. The molecule has 0 saturated heterocycles. The Morgan fingerprint density at radius 3 is 2.65 bits per heavy atom. The summed E-state index contributed by atoms with van der Waals surface area (Å²) in [5, 5.41) is 27.8. The van der Waals surface area contributed by atoms with Gasteiger partial charge in [-0.1, -0.05) is 12.1 Å². The van der Waals surface area contributed by atoms with E-state index in [1.807, 2.05) is 6.07 Å². The van der Waals surface area contributed by atoms with Crippen molar-refractivity contribution in [2.24, 2.45) is 11.7 Å². The molecular weight excluding hydrogens is 284 g/mol. The van der Waals surface area contributed by atoms with Crippen molar-refractivity contribution in [2.75, 3.05) is 19.8 Å². The number of rotatable bonds is 6. The molecule has 0 bridgehead atoms. The number of hydrogen-bond acceptors (Lipinski definition) is 6. The van der Waals surface area contributed by atoms with Gasteiger partial charge < -0.3 is 30.4 Å². The van der Waals surface area contributed by atoms with E-state index in [1.54, 1.807) is 12.1 Å². The summed E-state index contributed by atoms with van der Waals surface area (Å²) >= 11 is 0. The number of aliphatic hydroxyl groups excluding tert-OH is 3. The van der Waals surface area contributed by atoms with Crippen molar-refractivity contribution >= 4 is 25.4 Å². The highest BCUT2D eigenvalue weighted by Crippen LogP contribution is 2.25. The van der Waals surface area contributed by atoms with E-state index in [-0.39, 0.29) is 31.7 Å². The molecule has 1 heterocycles. The van der Waals surface area contributed by atoms with Gasteiger partial charge in [0.25, 0.3) is 0 Å². The van der Waals surface area contributed by atoms with Gasteiger partial charge in [-0.25, -0.2) is 0 Å². The number of benzene rings is 1. The van der Waals surface area contributed by atoms with Crippen LogP contribution in [0.25, 0.3) is 0 Å². The van der Waals surface area contributed by atoms with E-state index < -0.39 is 12.2 Å². The fourth-order valence-electron chi connectivity index (χ4n) is 2.08. The Balaban J connectivity index is 0.00000200. The van der Waals surface area contributed by atoms with Crippen LogP contribution in [0.15, 0.2) is 18.2 Å². The lowest BCUT2D eigenvalue weighted by atomic mass is 9.85. The molecule has 112 valence electrons. The van der Waals surface area contributed by atoms with E-state index in [4.69, 9.17) is 25.3 Å². The normalized spacial score (nSPS) is 18.1. The highest BCUT2D eigenvalue weighted by Gasteiger charge is 2.28. The summed E-state index contributed by atoms with van der Waals surface area (Å²) in [7, 11) is 0.378. The smallest absolute Gasteiger partial charge is 0.313 e. The third-order valence-corrected chi connectivity index (χ3v) is 3.28. The first-order valence-corrected chi connectivity index (χ1v) is 6.21. The van der Waals surface area contributed by atoms with Crippen molar-refractivity contribution in [2.45, 2.75) is 12.4 Å². The largest absolute Gasteiger partial charge is 0.465 e. The molecule has 1 aliphatic rings. The molecule has 2 atom stereocenters. The van der Waals surface area contributed by atoms with Crippen LogP contribution in [0.3, 0.4) is 0 Å². The van der Waals surface area contributed by atoms with Crippen LogP contribution in [0.5, 0.6) is 5.75 Å². The Morgan fingerprint density at radius 2 is 2.05 bits per heavy atom. The van der Waals surface area contributed by atoms with Gasteiger partial charge >= 0.3 is 7.48 Å². The van der Waals surface area contributed by atoms with Gasteiger partial charge in [0.05, 0.1) is 25.2 Å². The molecule has 5 N–H and O–H groups in total. The maximum atomic E-state index is 9.81. The molecule has 6 nitrogen and oxygen atoms in total. The van der Waals surface area contributed by atoms with Gasteiger partial charge in [0, 0.05) is 6.54 Å². The Hall–Kier alpha value is -0.825. The minimum Gasteiger partial charge on any atom is -0.465 e. The van der Waals surface area contributed by atoms with E-state index in [0.29, 0.717) is 19.8 Å². The molecule has 1 aliphatic heterocycles. The molecule has 0 spiro atoms. The number of ether oxygens (including phenoxy) is 1. The van der Waals surface area contributed by atoms with E-state index in [1.165, 1.54) is 0 Å². The number of aliphatic hydroxyl groups is 3. The van der Waals surface area contributed by atoms with Crippen LogP contribution < -0.4 is 15.9 Å². The summed E-state index contributed by atoms with van der Waals surface area (Å²) in [4.78, 5) is 0. The first-order chi connectivity index (χ1) is 9.21. The van der Waals surface area contributed by atoms with Crippen molar-refractivity contribution in [1.82, 2.24) is 0 Å². The molecule has 8 heteroatoms. The molecular formula is C12H19BClNO5. The zero-order chi connectivity index (χ0) is 13.8. The number of hydrogen-bond donors (Lipinski definition) is 4. The van der Waals surface area contributed by atoms with E-state index in [0.717, 1.165) is 11.0 Å². The predicted molar refractivity (Wildman–Crippen MR) is 77.6 cm³/mol. The second-order valence-electron chi connectivity index (χ2n) is 4.49. The van der Waals surface area contributed by atoms with Crippen molar-refractivity contribution < 1.29 is 24.7 Å². The molecule has 0 radical (unpaired) electrons. The van der Waals surface area contributed by atoms with Gasteiger partial charge in [0.2, 0.25) is 6.29 Å². The highest BCUT2D eigenvalue weighted by atomic mass is 35.5. The molecule has 2 unspecified atom stereocenters. The molecule has 0 fully saturated rings. The fourth-order valence-corrected chi connectivity index (χ4v) is 2.08. The zero-order valence-corrected chi connectivity index (χ0v) is 11.8. The monoisotopic (exact) mass is 303 g/mol. The topological polar surface area (TPSA) is 105 Å². The number of halogens is 1. The second-order valence-corrected chi connectivity index (χ2v) is 4.49. The van der Waals surface area contributed by atoms with Crippen molar-refractivity contribution in [3.8, 4) is 5.75 Å². The quantitative estimate of drug-likeness (QED) is 0.373. The Labute approximate surface area is 124 Å². The summed E-state index contributed by atoms with van der Waals surface area (Å²) in [6.07, 6.45) is -1.42. The lowest BCUT2D eigenvalue weighted by molar-refractivity contribution is -0.0902. The summed E-state index contributed by atoms with van der Waals surface area (Å²) in [5.74, 6) is -0.240. The predicted octanol–water partition coefficient (Wildman–Crippen LogP) is -1.59. The van der Waals surface area contributed by atoms with Crippen LogP contribution in [0.4, 0.5) is 0 Å². The molecule has 0 aliphatic carbocycles. The molecule has 2 rings (SSSR count). The fraction of sp³-hybridized carbons (Fsp3) is 0.500. The maximum absolute atomic E-state index is 9.81. The molecule has 0 aromatic heterocycles. The third-order valence-electron chi connectivity index (χ3n) is 3.28. The van der Waals surface area contributed by atoms with Gasteiger partial charge in [0.15, 0.2) is 0 Å². The van der Waals surface area contributed by atoms with Crippen molar-refractivity contribution in [1.29, 1.82) is 0 Å². The van der Waals surface area contributed by atoms with Crippen molar-refractivity contribution in [3.63, 3.8) is 0 Å². The average molecular weight is 304 g/mol. The minimum atomic E-state index is -1.27. The van der Waals surface area contributed by atoms with E-state index in [2.05, 4.69) is 0 Å². The Bertz CT molecular complexity index is 432.